The van der Waals surface area contributed by atoms with E-state index in [1.807, 2.05) is 13.8 Å². The number of carbonyl (C=O) groups excluding carboxylic acids is 1. The van der Waals surface area contributed by atoms with Crippen molar-refractivity contribution in [3.8, 4) is 0 Å². The lowest BCUT2D eigenvalue weighted by Gasteiger charge is -2.36. The molecule has 4 unspecified atom stereocenters. The van der Waals surface area contributed by atoms with Crippen LogP contribution in [0.5, 0.6) is 0 Å². The fraction of sp³-hybridized carbons (Fsp3) is 0.923. The standard InChI is InChI=1S/C13H23NO3/c1-8(2)4-13(16)17-10-5-9-6-12(15)11(7-10)14(9)3/h8-12,15H,4-7H2,1-3H3. The number of ether oxygens (including phenoxy) is 1. The Morgan fingerprint density at radius 2 is 2.12 bits per heavy atom. The molecule has 0 radical (unpaired) electrons. The van der Waals surface area contributed by atoms with Gasteiger partial charge in [-0.2, -0.15) is 0 Å². The zero-order valence-electron chi connectivity index (χ0n) is 10.9. The Kier molecular flexibility index (Phi) is 3.73. The Morgan fingerprint density at radius 3 is 2.71 bits per heavy atom. The van der Waals surface area contributed by atoms with E-state index in [4.69, 9.17) is 4.74 Å². The maximum atomic E-state index is 11.6. The van der Waals surface area contributed by atoms with Crippen molar-refractivity contribution in [3.63, 3.8) is 0 Å². The van der Waals surface area contributed by atoms with E-state index in [0.29, 0.717) is 18.4 Å². The molecule has 0 aromatic rings. The van der Waals surface area contributed by atoms with Crippen molar-refractivity contribution in [2.45, 2.75) is 63.8 Å². The molecule has 2 bridgehead atoms. The zero-order chi connectivity index (χ0) is 12.6. The lowest BCUT2D eigenvalue weighted by atomic mass is 10.00. The molecule has 2 aliphatic rings. The van der Waals surface area contributed by atoms with E-state index >= 15 is 0 Å². The quantitative estimate of drug-likeness (QED) is 0.754. The summed E-state index contributed by atoms with van der Waals surface area (Å²) in [6.45, 7) is 4.03. The van der Waals surface area contributed by atoms with Crippen molar-refractivity contribution in [2.75, 3.05) is 7.05 Å². The molecule has 4 heteroatoms. The first-order valence-electron chi connectivity index (χ1n) is 6.57. The average molecular weight is 241 g/mol. The number of carbonyl (C=O) groups is 1. The summed E-state index contributed by atoms with van der Waals surface area (Å²) < 4.78 is 5.50. The highest BCUT2D eigenvalue weighted by molar-refractivity contribution is 5.69. The molecule has 0 amide bonds. The third-order valence-electron chi connectivity index (χ3n) is 3.97. The number of aliphatic hydroxyl groups is 1. The third kappa shape index (κ3) is 2.80. The van der Waals surface area contributed by atoms with Gasteiger partial charge < -0.3 is 9.84 Å². The van der Waals surface area contributed by atoms with Gasteiger partial charge in [-0.1, -0.05) is 13.8 Å². The van der Waals surface area contributed by atoms with Gasteiger partial charge in [0.2, 0.25) is 0 Å². The molecule has 17 heavy (non-hydrogen) atoms. The lowest BCUT2D eigenvalue weighted by molar-refractivity contribution is -0.153. The summed E-state index contributed by atoms with van der Waals surface area (Å²) in [5, 5.41) is 9.88. The summed E-state index contributed by atoms with van der Waals surface area (Å²) in [6.07, 6.45) is 2.71. The van der Waals surface area contributed by atoms with Crippen LogP contribution in [0.1, 0.15) is 39.5 Å². The van der Waals surface area contributed by atoms with Crippen molar-refractivity contribution < 1.29 is 14.6 Å². The number of likely N-dealkylation sites (N-methyl/N-ethyl adjacent to an activating group) is 1. The first-order valence-corrected chi connectivity index (χ1v) is 6.57. The molecule has 1 N–H and O–H groups in total. The van der Waals surface area contributed by atoms with Gasteiger partial charge in [0.15, 0.2) is 0 Å². The van der Waals surface area contributed by atoms with E-state index in [1.54, 1.807) is 0 Å². The van der Waals surface area contributed by atoms with Crippen LogP contribution in [-0.2, 0) is 9.53 Å². The number of aliphatic hydroxyl groups excluding tert-OH is 1. The van der Waals surface area contributed by atoms with Crippen molar-refractivity contribution in [1.82, 2.24) is 4.90 Å². The van der Waals surface area contributed by atoms with Crippen LogP contribution in [0.15, 0.2) is 0 Å². The normalized spacial score (nSPS) is 37.5. The first kappa shape index (κ1) is 12.8. The molecular weight excluding hydrogens is 218 g/mol. The van der Waals surface area contributed by atoms with E-state index in [0.717, 1.165) is 19.3 Å². The number of hydrogen-bond acceptors (Lipinski definition) is 4. The molecule has 2 saturated heterocycles. The molecule has 2 aliphatic heterocycles. The summed E-state index contributed by atoms with van der Waals surface area (Å²) in [5.74, 6) is 0.250. The second kappa shape index (κ2) is 4.94. The van der Waals surface area contributed by atoms with Crippen LogP contribution in [0, 0.1) is 5.92 Å². The SMILES string of the molecule is CC(C)CC(=O)OC1CC2CC(O)C(C1)N2C. The van der Waals surface area contributed by atoms with E-state index in [2.05, 4.69) is 11.9 Å². The van der Waals surface area contributed by atoms with Crippen LogP contribution >= 0.6 is 0 Å². The van der Waals surface area contributed by atoms with Gasteiger partial charge in [0, 0.05) is 31.3 Å². The van der Waals surface area contributed by atoms with Gasteiger partial charge in [0.05, 0.1) is 6.10 Å². The molecule has 2 fully saturated rings. The van der Waals surface area contributed by atoms with E-state index < -0.39 is 0 Å². The maximum Gasteiger partial charge on any atom is 0.306 e. The minimum Gasteiger partial charge on any atom is -0.462 e. The Bertz CT molecular complexity index is 292. The van der Waals surface area contributed by atoms with Crippen LogP contribution in [-0.4, -0.2) is 47.3 Å². The number of esters is 1. The number of fused-ring (bicyclic) bond motifs is 2. The van der Waals surface area contributed by atoms with Crippen LogP contribution in [0.3, 0.4) is 0 Å². The van der Waals surface area contributed by atoms with Gasteiger partial charge in [0.25, 0.3) is 0 Å². The number of rotatable bonds is 3. The van der Waals surface area contributed by atoms with E-state index in [-0.39, 0.29) is 24.2 Å². The van der Waals surface area contributed by atoms with Crippen molar-refractivity contribution in [1.29, 1.82) is 0 Å². The predicted octanol–water partition coefficient (Wildman–Crippen LogP) is 1.17. The van der Waals surface area contributed by atoms with E-state index in [9.17, 15) is 9.90 Å². The monoisotopic (exact) mass is 241 g/mol. The highest BCUT2D eigenvalue weighted by Crippen LogP contribution is 2.35. The number of nitrogens with zero attached hydrogens (tertiary/aromatic N) is 1. The number of hydrogen-bond donors (Lipinski definition) is 1. The van der Waals surface area contributed by atoms with Gasteiger partial charge in [-0.05, 0) is 19.4 Å². The molecular formula is C13H23NO3. The minimum absolute atomic E-state index is 0.00426. The van der Waals surface area contributed by atoms with Crippen molar-refractivity contribution in [2.24, 2.45) is 5.92 Å². The second-order valence-corrected chi connectivity index (χ2v) is 5.87. The van der Waals surface area contributed by atoms with Crippen molar-refractivity contribution >= 4 is 5.97 Å². The van der Waals surface area contributed by atoms with Crippen LogP contribution < -0.4 is 0 Å². The van der Waals surface area contributed by atoms with Gasteiger partial charge in [-0.15, -0.1) is 0 Å². The Morgan fingerprint density at radius 1 is 1.41 bits per heavy atom. The number of piperidine rings is 1. The topological polar surface area (TPSA) is 49.8 Å². The van der Waals surface area contributed by atoms with Gasteiger partial charge in [0.1, 0.15) is 6.10 Å². The summed E-state index contributed by atoms with van der Waals surface area (Å²) in [5.41, 5.74) is 0. The van der Waals surface area contributed by atoms with Crippen LogP contribution in [0.4, 0.5) is 0 Å². The molecule has 0 aromatic carbocycles. The average Bonchev–Trinajstić information content (AvgIpc) is 2.39. The van der Waals surface area contributed by atoms with Gasteiger partial charge >= 0.3 is 5.97 Å². The zero-order valence-corrected chi connectivity index (χ0v) is 10.9. The predicted molar refractivity (Wildman–Crippen MR) is 64.5 cm³/mol. The fourth-order valence-corrected chi connectivity index (χ4v) is 3.06. The Balaban J connectivity index is 1.87. The smallest absolute Gasteiger partial charge is 0.306 e. The second-order valence-electron chi connectivity index (χ2n) is 5.87. The van der Waals surface area contributed by atoms with E-state index in [1.165, 1.54) is 0 Å². The Hall–Kier alpha value is -0.610. The lowest BCUT2D eigenvalue weighted by Crippen LogP contribution is -2.45. The molecule has 98 valence electrons. The summed E-state index contributed by atoms with van der Waals surface area (Å²) in [4.78, 5) is 13.9. The Labute approximate surface area is 103 Å². The van der Waals surface area contributed by atoms with Crippen molar-refractivity contribution in [3.05, 3.63) is 0 Å². The first-order chi connectivity index (χ1) is 7.97. The van der Waals surface area contributed by atoms with Crippen LogP contribution in [0.2, 0.25) is 0 Å². The summed E-state index contributed by atoms with van der Waals surface area (Å²) in [7, 11) is 2.05. The van der Waals surface area contributed by atoms with Crippen LogP contribution in [0.25, 0.3) is 0 Å². The molecule has 4 atom stereocenters. The maximum absolute atomic E-state index is 11.6. The van der Waals surface area contributed by atoms with Gasteiger partial charge in [-0.25, -0.2) is 0 Å². The molecule has 2 rings (SSSR count). The highest BCUT2D eigenvalue weighted by Gasteiger charge is 2.45. The molecule has 0 aliphatic carbocycles. The fourth-order valence-electron chi connectivity index (χ4n) is 3.06. The summed E-state index contributed by atoms with van der Waals surface area (Å²) in [6, 6.07) is 0.547. The minimum atomic E-state index is -0.251. The molecule has 2 heterocycles. The summed E-state index contributed by atoms with van der Waals surface area (Å²) >= 11 is 0. The molecule has 4 nitrogen and oxygen atoms in total. The molecule has 0 aromatic heterocycles. The highest BCUT2D eigenvalue weighted by atomic mass is 16.5. The molecule has 0 spiro atoms. The molecule has 0 saturated carbocycles. The largest absolute Gasteiger partial charge is 0.462 e. The van der Waals surface area contributed by atoms with Gasteiger partial charge in [-0.3, -0.25) is 9.69 Å². The third-order valence-corrected chi connectivity index (χ3v) is 3.97.